The highest BCUT2D eigenvalue weighted by Gasteiger charge is 2.13. The molecule has 0 heterocycles. The Bertz CT molecular complexity index is 235. The number of hydrogen-bond acceptors (Lipinski definition) is 3. The summed E-state index contributed by atoms with van der Waals surface area (Å²) in [6.45, 7) is 5.94. The van der Waals surface area contributed by atoms with Gasteiger partial charge in [-0.2, -0.15) is 0 Å². The van der Waals surface area contributed by atoms with Crippen LogP contribution in [0.4, 0.5) is 0 Å². The van der Waals surface area contributed by atoms with Gasteiger partial charge in [-0.15, -0.1) is 0 Å². The number of rotatable bonds is 7. The highest BCUT2D eigenvalue weighted by molar-refractivity contribution is 7.91. The van der Waals surface area contributed by atoms with E-state index in [1.807, 2.05) is 20.9 Å². The first kappa shape index (κ1) is 13.9. The van der Waals surface area contributed by atoms with E-state index in [0.29, 0.717) is 17.5 Å². The first-order valence-corrected chi connectivity index (χ1v) is 7.07. The minimum Gasteiger partial charge on any atom is -0.317 e. The molecule has 4 heteroatoms. The Morgan fingerprint density at radius 3 is 2.21 bits per heavy atom. The van der Waals surface area contributed by atoms with Crippen molar-refractivity contribution < 1.29 is 8.42 Å². The van der Waals surface area contributed by atoms with Crippen LogP contribution in [0.5, 0.6) is 0 Å². The second kappa shape index (κ2) is 6.40. The maximum absolute atomic E-state index is 11.5. The Labute approximate surface area is 88.2 Å². The summed E-state index contributed by atoms with van der Waals surface area (Å²) in [5.74, 6) is 0.889. The van der Waals surface area contributed by atoms with Crippen molar-refractivity contribution in [2.24, 2.45) is 5.92 Å². The molecule has 1 N–H and O–H groups in total. The lowest BCUT2D eigenvalue weighted by Crippen LogP contribution is -2.23. The zero-order chi connectivity index (χ0) is 11.2. The minimum absolute atomic E-state index is 0.238. The third kappa shape index (κ3) is 7.33. The van der Waals surface area contributed by atoms with Gasteiger partial charge < -0.3 is 5.32 Å². The smallest absolute Gasteiger partial charge is 0.150 e. The summed E-state index contributed by atoms with van der Waals surface area (Å²) >= 11 is 0. The van der Waals surface area contributed by atoms with Gasteiger partial charge in [0, 0.05) is 6.04 Å². The van der Waals surface area contributed by atoms with Gasteiger partial charge in [-0.3, -0.25) is 0 Å². The maximum Gasteiger partial charge on any atom is 0.150 e. The quantitative estimate of drug-likeness (QED) is 0.707. The summed E-state index contributed by atoms with van der Waals surface area (Å²) in [5.41, 5.74) is 0. The van der Waals surface area contributed by atoms with E-state index in [9.17, 15) is 8.42 Å². The first-order chi connectivity index (χ1) is 6.37. The van der Waals surface area contributed by atoms with Gasteiger partial charge in [-0.05, 0) is 32.7 Å². The Morgan fingerprint density at radius 2 is 1.79 bits per heavy atom. The zero-order valence-corrected chi connectivity index (χ0v) is 10.5. The van der Waals surface area contributed by atoms with E-state index in [1.54, 1.807) is 0 Å². The van der Waals surface area contributed by atoms with Crippen molar-refractivity contribution in [3.63, 3.8) is 0 Å². The van der Waals surface area contributed by atoms with Crippen LogP contribution in [0.2, 0.25) is 0 Å². The molecule has 0 saturated heterocycles. The van der Waals surface area contributed by atoms with Crippen molar-refractivity contribution in [3.8, 4) is 0 Å². The fraction of sp³-hybridized carbons (Fsp3) is 1.00. The topological polar surface area (TPSA) is 46.2 Å². The lowest BCUT2D eigenvalue weighted by Gasteiger charge is -2.10. The molecule has 0 amide bonds. The molecule has 0 saturated carbocycles. The Hall–Kier alpha value is -0.0900. The van der Waals surface area contributed by atoms with Crippen molar-refractivity contribution in [1.82, 2.24) is 5.32 Å². The highest BCUT2D eigenvalue weighted by atomic mass is 32.2. The lowest BCUT2D eigenvalue weighted by molar-refractivity contribution is 0.545. The first-order valence-electron chi connectivity index (χ1n) is 5.25. The molecule has 0 fully saturated rings. The van der Waals surface area contributed by atoms with E-state index in [1.165, 1.54) is 0 Å². The number of nitrogens with one attached hydrogen (secondary N) is 1. The normalized spacial score (nSPS) is 14.6. The molecular formula is C10H23NO2S. The van der Waals surface area contributed by atoms with Crippen LogP contribution in [0.3, 0.4) is 0 Å². The molecule has 0 aliphatic heterocycles. The van der Waals surface area contributed by atoms with E-state index < -0.39 is 9.84 Å². The molecule has 0 aliphatic carbocycles. The van der Waals surface area contributed by atoms with E-state index in [2.05, 4.69) is 12.2 Å². The molecule has 1 atom stereocenters. The van der Waals surface area contributed by atoms with Crippen molar-refractivity contribution >= 4 is 9.84 Å². The number of sulfone groups is 1. The van der Waals surface area contributed by atoms with Gasteiger partial charge in [-0.25, -0.2) is 8.42 Å². The summed E-state index contributed by atoms with van der Waals surface area (Å²) in [5, 5.41) is 3.10. The van der Waals surface area contributed by atoms with Crippen molar-refractivity contribution in [2.75, 3.05) is 18.6 Å². The molecule has 0 bridgehead atoms. The summed E-state index contributed by atoms with van der Waals surface area (Å²) in [6, 6.07) is 0.407. The lowest BCUT2D eigenvalue weighted by atomic mass is 10.2. The average Bonchev–Trinajstić information content (AvgIpc) is 2.01. The third-order valence-electron chi connectivity index (χ3n) is 2.17. The molecule has 0 aromatic carbocycles. The van der Waals surface area contributed by atoms with E-state index in [4.69, 9.17) is 0 Å². The molecule has 0 rings (SSSR count). The Morgan fingerprint density at radius 1 is 1.21 bits per heavy atom. The van der Waals surface area contributed by atoms with Gasteiger partial charge >= 0.3 is 0 Å². The van der Waals surface area contributed by atoms with Crippen LogP contribution in [0.15, 0.2) is 0 Å². The average molecular weight is 221 g/mol. The van der Waals surface area contributed by atoms with E-state index in [0.717, 1.165) is 12.8 Å². The summed E-state index contributed by atoms with van der Waals surface area (Å²) < 4.78 is 23.0. The molecular weight excluding hydrogens is 198 g/mol. The van der Waals surface area contributed by atoms with Gasteiger partial charge in [0.1, 0.15) is 0 Å². The van der Waals surface area contributed by atoms with Crippen LogP contribution < -0.4 is 5.32 Å². The molecule has 0 spiro atoms. The van der Waals surface area contributed by atoms with Crippen LogP contribution >= 0.6 is 0 Å². The predicted molar refractivity (Wildman–Crippen MR) is 61.2 cm³/mol. The van der Waals surface area contributed by atoms with Gasteiger partial charge in [0.2, 0.25) is 0 Å². The van der Waals surface area contributed by atoms with Crippen LogP contribution in [-0.4, -0.2) is 33.0 Å². The van der Waals surface area contributed by atoms with Crippen LogP contribution in [0.25, 0.3) is 0 Å². The van der Waals surface area contributed by atoms with Crippen LogP contribution in [-0.2, 0) is 9.84 Å². The molecule has 0 aromatic rings. The zero-order valence-electron chi connectivity index (χ0n) is 9.71. The fourth-order valence-corrected chi connectivity index (χ4v) is 3.13. The molecule has 0 aliphatic rings. The van der Waals surface area contributed by atoms with Gasteiger partial charge in [-0.1, -0.05) is 13.8 Å². The van der Waals surface area contributed by atoms with Gasteiger partial charge in [0.15, 0.2) is 9.84 Å². The van der Waals surface area contributed by atoms with Crippen LogP contribution in [0, 0.1) is 5.92 Å². The molecule has 86 valence electrons. The largest absolute Gasteiger partial charge is 0.317 e. The van der Waals surface area contributed by atoms with E-state index >= 15 is 0 Å². The van der Waals surface area contributed by atoms with Crippen molar-refractivity contribution in [3.05, 3.63) is 0 Å². The minimum atomic E-state index is -2.81. The summed E-state index contributed by atoms with van der Waals surface area (Å²) in [6.07, 6.45) is 1.69. The Balaban J connectivity index is 3.77. The van der Waals surface area contributed by atoms with Gasteiger partial charge in [0.25, 0.3) is 0 Å². The molecule has 14 heavy (non-hydrogen) atoms. The summed E-state index contributed by atoms with van der Waals surface area (Å²) in [4.78, 5) is 0. The number of hydrogen-bond donors (Lipinski definition) is 1. The molecule has 0 radical (unpaired) electrons. The van der Waals surface area contributed by atoms with Crippen molar-refractivity contribution in [1.29, 1.82) is 0 Å². The Kier molecular flexibility index (Phi) is 6.36. The molecule has 1 unspecified atom stereocenters. The predicted octanol–water partition coefficient (Wildman–Crippen LogP) is 1.45. The standard InChI is InChI=1S/C10H23NO2S/c1-9(2)8-14(12,13)7-5-6-10(3)11-4/h9-11H,5-8H2,1-4H3. The second-order valence-corrected chi connectivity index (χ2v) is 6.57. The summed E-state index contributed by atoms with van der Waals surface area (Å²) in [7, 11) is -0.916. The maximum atomic E-state index is 11.5. The van der Waals surface area contributed by atoms with Gasteiger partial charge in [0.05, 0.1) is 11.5 Å². The van der Waals surface area contributed by atoms with Crippen LogP contribution in [0.1, 0.15) is 33.6 Å². The SMILES string of the molecule is CNC(C)CCCS(=O)(=O)CC(C)C. The molecule has 0 aromatic heterocycles. The van der Waals surface area contributed by atoms with E-state index in [-0.39, 0.29) is 5.92 Å². The molecule has 3 nitrogen and oxygen atoms in total. The third-order valence-corrected chi connectivity index (χ3v) is 4.26. The van der Waals surface area contributed by atoms with Crippen molar-refractivity contribution in [2.45, 2.75) is 39.7 Å². The monoisotopic (exact) mass is 221 g/mol. The highest BCUT2D eigenvalue weighted by Crippen LogP contribution is 2.05. The second-order valence-electron chi connectivity index (χ2n) is 4.34. The fourth-order valence-electron chi connectivity index (χ4n) is 1.34.